The average molecular weight is 312 g/mol. The highest BCUT2D eigenvalue weighted by molar-refractivity contribution is 7.16. The third kappa shape index (κ3) is 2.32. The number of aromatic nitrogens is 2. The predicted molar refractivity (Wildman–Crippen MR) is 78.4 cm³/mol. The van der Waals surface area contributed by atoms with Crippen LogP contribution in [0.1, 0.15) is 0 Å². The van der Waals surface area contributed by atoms with Crippen molar-refractivity contribution in [2.75, 3.05) is 5.73 Å². The summed E-state index contributed by atoms with van der Waals surface area (Å²) in [6.45, 7) is 0. The zero-order valence-corrected chi connectivity index (χ0v) is 11.8. The second-order valence-electron chi connectivity index (χ2n) is 3.72. The number of ether oxygens (including phenoxy) is 1. The first kappa shape index (κ1) is 12.5. The molecular weight excluding hydrogens is 305 g/mol. The summed E-state index contributed by atoms with van der Waals surface area (Å²) in [4.78, 5) is 9.11. The molecule has 0 amide bonds. The van der Waals surface area contributed by atoms with E-state index >= 15 is 0 Å². The molecule has 0 aliphatic heterocycles. The molecule has 0 aliphatic carbocycles. The minimum atomic E-state index is 0.376. The molecule has 0 unspecified atom stereocenters. The van der Waals surface area contributed by atoms with Crippen molar-refractivity contribution in [2.24, 2.45) is 0 Å². The summed E-state index contributed by atoms with van der Waals surface area (Å²) < 4.78 is 5.70. The van der Waals surface area contributed by atoms with Gasteiger partial charge in [0.2, 0.25) is 5.88 Å². The van der Waals surface area contributed by atoms with E-state index in [1.54, 1.807) is 12.1 Å². The Bertz CT molecular complexity index is 760. The number of anilines is 1. The van der Waals surface area contributed by atoms with E-state index in [-0.39, 0.29) is 0 Å². The van der Waals surface area contributed by atoms with Crippen molar-refractivity contribution in [2.45, 2.75) is 0 Å². The first-order valence-corrected chi connectivity index (χ1v) is 6.89. The minimum absolute atomic E-state index is 0.376. The fraction of sp³-hybridized carbons (Fsp3) is 0. The van der Waals surface area contributed by atoms with Crippen LogP contribution < -0.4 is 10.5 Å². The van der Waals surface area contributed by atoms with Crippen LogP contribution >= 0.6 is 34.5 Å². The van der Waals surface area contributed by atoms with E-state index < -0.39 is 0 Å². The van der Waals surface area contributed by atoms with E-state index in [2.05, 4.69) is 9.97 Å². The molecule has 0 saturated heterocycles. The maximum Gasteiger partial charge on any atom is 0.231 e. The summed E-state index contributed by atoms with van der Waals surface area (Å²) in [5, 5.41) is 3.51. The van der Waals surface area contributed by atoms with Crippen molar-refractivity contribution >= 4 is 50.4 Å². The molecule has 0 saturated carbocycles. The van der Waals surface area contributed by atoms with Gasteiger partial charge >= 0.3 is 0 Å². The van der Waals surface area contributed by atoms with Gasteiger partial charge in [-0.05, 0) is 17.5 Å². The smallest absolute Gasteiger partial charge is 0.231 e. The van der Waals surface area contributed by atoms with E-state index in [9.17, 15) is 0 Å². The molecule has 1 aromatic carbocycles. The molecule has 0 fully saturated rings. The van der Waals surface area contributed by atoms with Gasteiger partial charge in [-0.1, -0.05) is 23.2 Å². The molecule has 0 aliphatic rings. The number of nitrogens with two attached hydrogens (primary N) is 1. The highest BCUT2D eigenvalue weighted by Crippen LogP contribution is 2.36. The Morgan fingerprint density at radius 2 is 1.95 bits per heavy atom. The highest BCUT2D eigenvalue weighted by Gasteiger charge is 2.11. The van der Waals surface area contributed by atoms with Gasteiger partial charge in [0.05, 0.1) is 21.1 Å². The second-order valence-corrected chi connectivity index (χ2v) is 5.43. The quantitative estimate of drug-likeness (QED) is 0.714. The van der Waals surface area contributed by atoms with Crippen LogP contribution in [0.25, 0.3) is 10.2 Å². The minimum Gasteiger partial charge on any atom is -0.436 e. The SMILES string of the molecule is Nc1cc(Cl)c(Cl)cc1Oc1ncnc2sccc12. The lowest BCUT2D eigenvalue weighted by Gasteiger charge is -2.09. The Morgan fingerprint density at radius 1 is 1.16 bits per heavy atom. The molecule has 7 heteroatoms. The summed E-state index contributed by atoms with van der Waals surface area (Å²) in [7, 11) is 0. The highest BCUT2D eigenvalue weighted by atomic mass is 35.5. The van der Waals surface area contributed by atoms with Gasteiger partial charge in [0, 0.05) is 6.07 Å². The number of hydrogen-bond donors (Lipinski definition) is 1. The predicted octanol–water partition coefficient (Wildman–Crippen LogP) is 4.37. The van der Waals surface area contributed by atoms with Crippen LogP contribution in [-0.4, -0.2) is 9.97 Å². The number of hydrogen-bond acceptors (Lipinski definition) is 5. The normalized spacial score (nSPS) is 10.8. The third-order valence-corrected chi connectivity index (χ3v) is 4.03. The summed E-state index contributed by atoms with van der Waals surface area (Å²) in [5.74, 6) is 0.858. The fourth-order valence-corrected chi connectivity index (χ4v) is 2.63. The number of rotatable bonds is 2. The second kappa shape index (κ2) is 4.85. The van der Waals surface area contributed by atoms with Crippen molar-refractivity contribution < 1.29 is 4.74 Å². The molecule has 96 valence electrons. The Kier molecular flexibility index (Phi) is 3.18. The summed E-state index contributed by atoms with van der Waals surface area (Å²) in [6, 6.07) is 5.01. The molecule has 0 bridgehead atoms. The molecule has 2 N–H and O–H groups in total. The van der Waals surface area contributed by atoms with E-state index in [1.807, 2.05) is 11.4 Å². The van der Waals surface area contributed by atoms with Crippen molar-refractivity contribution in [1.82, 2.24) is 9.97 Å². The van der Waals surface area contributed by atoms with Gasteiger partial charge in [0.1, 0.15) is 11.2 Å². The summed E-state index contributed by atoms with van der Waals surface area (Å²) in [6.07, 6.45) is 1.45. The van der Waals surface area contributed by atoms with Crippen LogP contribution in [0.15, 0.2) is 29.9 Å². The van der Waals surface area contributed by atoms with Gasteiger partial charge in [-0.2, -0.15) is 0 Å². The fourth-order valence-electron chi connectivity index (χ4n) is 1.59. The lowest BCUT2D eigenvalue weighted by molar-refractivity contribution is 0.470. The zero-order valence-electron chi connectivity index (χ0n) is 9.43. The maximum absolute atomic E-state index is 5.95. The Balaban J connectivity index is 2.06. The van der Waals surface area contributed by atoms with Crippen LogP contribution in [-0.2, 0) is 0 Å². The van der Waals surface area contributed by atoms with Crippen molar-refractivity contribution in [1.29, 1.82) is 0 Å². The Labute approximate surface area is 122 Å². The van der Waals surface area contributed by atoms with Crippen LogP contribution in [0.2, 0.25) is 10.0 Å². The van der Waals surface area contributed by atoms with Crippen LogP contribution in [0.5, 0.6) is 11.6 Å². The van der Waals surface area contributed by atoms with Crippen LogP contribution in [0.4, 0.5) is 5.69 Å². The van der Waals surface area contributed by atoms with Crippen molar-refractivity contribution in [3.8, 4) is 11.6 Å². The standard InChI is InChI=1S/C12H7Cl2N3OS/c13-7-3-9(15)10(4-8(7)14)18-11-6-1-2-19-12(6)17-5-16-11/h1-5H,15H2. The molecule has 2 heterocycles. The number of halogens is 2. The Morgan fingerprint density at radius 3 is 2.79 bits per heavy atom. The number of thiophene rings is 1. The largest absolute Gasteiger partial charge is 0.436 e. The van der Waals surface area contributed by atoms with Crippen LogP contribution in [0, 0.1) is 0 Å². The van der Waals surface area contributed by atoms with E-state index in [4.69, 9.17) is 33.7 Å². The van der Waals surface area contributed by atoms with Gasteiger partial charge < -0.3 is 10.5 Å². The number of nitrogen functional groups attached to an aromatic ring is 1. The molecule has 3 aromatic rings. The molecule has 2 aromatic heterocycles. The lowest BCUT2D eigenvalue weighted by atomic mass is 10.3. The van der Waals surface area contributed by atoms with Gasteiger partial charge in [-0.3, -0.25) is 0 Å². The number of fused-ring (bicyclic) bond motifs is 1. The lowest BCUT2D eigenvalue weighted by Crippen LogP contribution is -1.94. The molecule has 0 spiro atoms. The van der Waals surface area contributed by atoms with Crippen molar-refractivity contribution in [3.05, 3.63) is 40.0 Å². The first-order chi connectivity index (χ1) is 9.15. The van der Waals surface area contributed by atoms with Gasteiger partial charge in [0.25, 0.3) is 0 Å². The molecule has 0 atom stereocenters. The average Bonchev–Trinajstić information content (AvgIpc) is 2.85. The Hall–Kier alpha value is -1.56. The van der Waals surface area contributed by atoms with E-state index in [1.165, 1.54) is 17.7 Å². The molecule has 4 nitrogen and oxygen atoms in total. The third-order valence-electron chi connectivity index (χ3n) is 2.48. The molecule has 19 heavy (non-hydrogen) atoms. The number of nitrogens with zero attached hydrogens (tertiary/aromatic N) is 2. The monoisotopic (exact) mass is 311 g/mol. The first-order valence-electron chi connectivity index (χ1n) is 5.26. The van der Waals surface area contributed by atoms with Gasteiger partial charge in [0.15, 0.2) is 5.75 Å². The number of benzene rings is 1. The van der Waals surface area contributed by atoms with Crippen LogP contribution in [0.3, 0.4) is 0 Å². The summed E-state index contributed by atoms with van der Waals surface area (Å²) in [5.41, 5.74) is 6.25. The zero-order chi connectivity index (χ0) is 13.4. The summed E-state index contributed by atoms with van der Waals surface area (Å²) >= 11 is 13.3. The molecular formula is C12H7Cl2N3OS. The van der Waals surface area contributed by atoms with E-state index in [0.717, 1.165) is 10.2 Å². The molecule has 3 rings (SSSR count). The topological polar surface area (TPSA) is 61.0 Å². The van der Waals surface area contributed by atoms with E-state index in [0.29, 0.717) is 27.4 Å². The maximum atomic E-state index is 5.95. The van der Waals surface area contributed by atoms with Gasteiger partial charge in [-0.15, -0.1) is 11.3 Å². The van der Waals surface area contributed by atoms with Crippen molar-refractivity contribution in [3.63, 3.8) is 0 Å². The van der Waals surface area contributed by atoms with Gasteiger partial charge in [-0.25, -0.2) is 9.97 Å². The molecule has 0 radical (unpaired) electrons.